The fourth-order valence-corrected chi connectivity index (χ4v) is 2.93. The van der Waals surface area contributed by atoms with Crippen LogP contribution in [0, 0.1) is 6.92 Å². The first-order valence-electron chi connectivity index (χ1n) is 7.85. The number of aromatic nitrogens is 1. The second-order valence-electron chi connectivity index (χ2n) is 5.75. The molecule has 0 aliphatic heterocycles. The van der Waals surface area contributed by atoms with Crippen LogP contribution in [0.1, 0.15) is 29.5 Å². The summed E-state index contributed by atoms with van der Waals surface area (Å²) in [6.45, 7) is 4.34. The van der Waals surface area contributed by atoms with Crippen molar-refractivity contribution in [1.29, 1.82) is 0 Å². The fourth-order valence-electron chi connectivity index (χ4n) is 2.93. The molecule has 0 radical (unpaired) electrons. The van der Waals surface area contributed by atoms with E-state index in [9.17, 15) is 0 Å². The van der Waals surface area contributed by atoms with E-state index in [0.29, 0.717) is 5.92 Å². The summed E-state index contributed by atoms with van der Waals surface area (Å²) in [5.74, 6) is 1.17. The first kappa shape index (κ1) is 15.3. The summed E-state index contributed by atoms with van der Waals surface area (Å²) >= 11 is 0. The predicted molar refractivity (Wildman–Crippen MR) is 94.9 cm³/mol. The van der Waals surface area contributed by atoms with Gasteiger partial charge in [-0.15, -0.1) is 0 Å². The topological polar surface area (TPSA) is 22.1 Å². The number of nitrogens with zero attached hydrogens (tertiary/aromatic N) is 1. The Labute approximate surface area is 137 Å². The maximum absolute atomic E-state index is 5.25. The Morgan fingerprint density at radius 2 is 1.65 bits per heavy atom. The van der Waals surface area contributed by atoms with Gasteiger partial charge in [-0.1, -0.05) is 49.4 Å². The number of benzene rings is 2. The van der Waals surface area contributed by atoms with Gasteiger partial charge in [-0.25, -0.2) is 0 Å². The zero-order valence-electron chi connectivity index (χ0n) is 13.8. The SMILES string of the molecule is COc1ccc(C(C)c2ccccc2-c2ncccc2C)cc1. The van der Waals surface area contributed by atoms with Crippen LogP contribution in [0.25, 0.3) is 11.3 Å². The van der Waals surface area contributed by atoms with Crippen LogP contribution in [-0.2, 0) is 0 Å². The summed E-state index contributed by atoms with van der Waals surface area (Å²) < 4.78 is 5.25. The third-order valence-corrected chi connectivity index (χ3v) is 4.31. The highest BCUT2D eigenvalue weighted by molar-refractivity contribution is 5.68. The molecule has 0 amide bonds. The molecular weight excluding hydrogens is 282 g/mol. The lowest BCUT2D eigenvalue weighted by atomic mass is 9.88. The minimum atomic E-state index is 0.290. The lowest BCUT2D eigenvalue weighted by Crippen LogP contribution is -2.00. The van der Waals surface area contributed by atoms with Gasteiger partial charge in [0.15, 0.2) is 0 Å². The van der Waals surface area contributed by atoms with Gasteiger partial charge in [0.05, 0.1) is 12.8 Å². The average Bonchev–Trinajstić information content (AvgIpc) is 2.62. The smallest absolute Gasteiger partial charge is 0.118 e. The number of rotatable bonds is 4. The van der Waals surface area contributed by atoms with E-state index in [1.807, 2.05) is 24.4 Å². The van der Waals surface area contributed by atoms with E-state index in [2.05, 4.69) is 61.3 Å². The molecule has 3 rings (SSSR count). The molecule has 0 bridgehead atoms. The van der Waals surface area contributed by atoms with Crippen molar-refractivity contribution in [2.45, 2.75) is 19.8 Å². The molecule has 0 N–H and O–H groups in total. The largest absolute Gasteiger partial charge is 0.497 e. The molecule has 0 fully saturated rings. The molecule has 1 atom stereocenters. The quantitative estimate of drug-likeness (QED) is 0.659. The highest BCUT2D eigenvalue weighted by atomic mass is 16.5. The minimum absolute atomic E-state index is 0.290. The number of hydrogen-bond donors (Lipinski definition) is 0. The molecule has 2 aromatic carbocycles. The Hall–Kier alpha value is -2.61. The third kappa shape index (κ3) is 3.11. The van der Waals surface area contributed by atoms with Crippen LogP contribution in [-0.4, -0.2) is 12.1 Å². The van der Waals surface area contributed by atoms with Crippen molar-refractivity contribution in [3.8, 4) is 17.0 Å². The first-order chi connectivity index (χ1) is 11.2. The molecule has 0 saturated heterocycles. The van der Waals surface area contributed by atoms with Crippen molar-refractivity contribution in [3.63, 3.8) is 0 Å². The Morgan fingerprint density at radius 1 is 0.913 bits per heavy atom. The molecule has 1 unspecified atom stereocenters. The number of ether oxygens (including phenoxy) is 1. The van der Waals surface area contributed by atoms with Crippen molar-refractivity contribution in [3.05, 3.63) is 83.6 Å². The van der Waals surface area contributed by atoms with Gasteiger partial charge in [0.2, 0.25) is 0 Å². The number of methoxy groups -OCH3 is 1. The van der Waals surface area contributed by atoms with Crippen LogP contribution in [0.5, 0.6) is 5.75 Å². The molecule has 116 valence electrons. The van der Waals surface area contributed by atoms with Crippen molar-refractivity contribution in [1.82, 2.24) is 4.98 Å². The van der Waals surface area contributed by atoms with Gasteiger partial charge in [-0.05, 0) is 41.8 Å². The van der Waals surface area contributed by atoms with Crippen molar-refractivity contribution in [2.75, 3.05) is 7.11 Å². The van der Waals surface area contributed by atoms with Crippen LogP contribution in [0.15, 0.2) is 66.9 Å². The van der Waals surface area contributed by atoms with E-state index in [0.717, 1.165) is 11.4 Å². The molecule has 2 heteroatoms. The third-order valence-electron chi connectivity index (χ3n) is 4.31. The number of hydrogen-bond acceptors (Lipinski definition) is 2. The van der Waals surface area contributed by atoms with Crippen molar-refractivity contribution in [2.24, 2.45) is 0 Å². The van der Waals surface area contributed by atoms with E-state index in [-0.39, 0.29) is 0 Å². The zero-order chi connectivity index (χ0) is 16.2. The Bertz CT molecular complexity index is 793. The van der Waals surface area contributed by atoms with Crippen LogP contribution < -0.4 is 4.74 Å². The van der Waals surface area contributed by atoms with E-state index < -0.39 is 0 Å². The summed E-state index contributed by atoms with van der Waals surface area (Å²) in [6, 6.07) is 20.9. The number of pyridine rings is 1. The molecule has 3 aromatic rings. The molecule has 0 aliphatic rings. The van der Waals surface area contributed by atoms with Gasteiger partial charge in [-0.2, -0.15) is 0 Å². The maximum Gasteiger partial charge on any atom is 0.118 e. The van der Waals surface area contributed by atoms with Gasteiger partial charge in [0.25, 0.3) is 0 Å². The van der Waals surface area contributed by atoms with Crippen LogP contribution in [0.2, 0.25) is 0 Å². The lowest BCUT2D eigenvalue weighted by Gasteiger charge is -2.18. The Morgan fingerprint density at radius 3 is 2.35 bits per heavy atom. The lowest BCUT2D eigenvalue weighted by molar-refractivity contribution is 0.414. The van der Waals surface area contributed by atoms with Crippen LogP contribution in [0.3, 0.4) is 0 Å². The molecule has 1 heterocycles. The first-order valence-corrected chi connectivity index (χ1v) is 7.85. The molecule has 0 saturated carbocycles. The van der Waals surface area contributed by atoms with E-state index >= 15 is 0 Å². The van der Waals surface area contributed by atoms with Crippen LogP contribution in [0.4, 0.5) is 0 Å². The highest BCUT2D eigenvalue weighted by Gasteiger charge is 2.15. The van der Waals surface area contributed by atoms with E-state index in [1.165, 1.54) is 22.3 Å². The van der Waals surface area contributed by atoms with Crippen molar-refractivity contribution >= 4 is 0 Å². The van der Waals surface area contributed by atoms with Gasteiger partial charge >= 0.3 is 0 Å². The normalized spacial score (nSPS) is 12.0. The van der Waals surface area contributed by atoms with Crippen molar-refractivity contribution < 1.29 is 4.74 Å². The van der Waals surface area contributed by atoms with Gasteiger partial charge in [0, 0.05) is 17.7 Å². The van der Waals surface area contributed by atoms with E-state index in [4.69, 9.17) is 4.74 Å². The number of aryl methyl sites for hydroxylation is 1. The minimum Gasteiger partial charge on any atom is -0.497 e. The summed E-state index contributed by atoms with van der Waals surface area (Å²) in [7, 11) is 1.69. The van der Waals surface area contributed by atoms with Gasteiger partial charge in [0.1, 0.15) is 5.75 Å². The molecule has 0 aliphatic carbocycles. The Balaban J connectivity index is 2.04. The standard InChI is InChI=1S/C21H21NO/c1-15-7-6-14-22-21(15)20-9-5-4-8-19(20)16(2)17-10-12-18(23-3)13-11-17/h4-14,16H,1-3H3. The zero-order valence-corrected chi connectivity index (χ0v) is 13.8. The monoisotopic (exact) mass is 303 g/mol. The Kier molecular flexibility index (Phi) is 4.42. The molecule has 0 spiro atoms. The van der Waals surface area contributed by atoms with Gasteiger partial charge < -0.3 is 4.74 Å². The predicted octanol–water partition coefficient (Wildman–Crippen LogP) is 5.22. The van der Waals surface area contributed by atoms with Gasteiger partial charge in [-0.3, -0.25) is 4.98 Å². The summed E-state index contributed by atoms with van der Waals surface area (Å²) in [4.78, 5) is 4.59. The maximum atomic E-state index is 5.25. The average molecular weight is 303 g/mol. The molecule has 2 nitrogen and oxygen atoms in total. The summed E-state index contributed by atoms with van der Waals surface area (Å²) in [5.41, 5.74) is 6.02. The molecule has 1 aromatic heterocycles. The fraction of sp³-hybridized carbons (Fsp3) is 0.190. The van der Waals surface area contributed by atoms with E-state index in [1.54, 1.807) is 7.11 Å². The summed E-state index contributed by atoms with van der Waals surface area (Å²) in [5, 5.41) is 0. The summed E-state index contributed by atoms with van der Waals surface area (Å²) in [6.07, 6.45) is 1.86. The highest BCUT2D eigenvalue weighted by Crippen LogP contribution is 2.33. The van der Waals surface area contributed by atoms with Crippen LogP contribution >= 0.6 is 0 Å². The molecular formula is C21H21NO. The second-order valence-corrected chi connectivity index (χ2v) is 5.75. The molecule has 23 heavy (non-hydrogen) atoms. The second kappa shape index (κ2) is 6.66.